The van der Waals surface area contributed by atoms with E-state index in [1.807, 2.05) is 6.08 Å². The molecule has 36 heavy (non-hydrogen) atoms. The number of amides is 2. The van der Waals surface area contributed by atoms with Crippen molar-refractivity contribution in [2.45, 2.75) is 96.2 Å². The molecule has 4 N–H and O–H groups in total. The minimum atomic E-state index is -0.790. The molecule has 3 atom stereocenters. The topological polar surface area (TPSA) is 94.2 Å². The van der Waals surface area contributed by atoms with Crippen LogP contribution in [0.1, 0.15) is 70.9 Å². The lowest BCUT2D eigenvalue weighted by molar-refractivity contribution is -0.136. The molecule has 0 aliphatic carbocycles. The van der Waals surface area contributed by atoms with Gasteiger partial charge < -0.3 is 20.7 Å². The maximum absolute atomic E-state index is 12.8. The lowest BCUT2D eigenvalue weighted by Crippen LogP contribution is -2.61. The van der Waals surface area contributed by atoms with Crippen LogP contribution >= 0.6 is 11.6 Å². The molecule has 1 aromatic carbocycles. The molecule has 1 aliphatic heterocycles. The van der Waals surface area contributed by atoms with Crippen LogP contribution in [0, 0.1) is 0 Å². The van der Waals surface area contributed by atoms with Crippen LogP contribution in [-0.4, -0.2) is 45.0 Å². The fraction of sp³-hybridized carbons (Fsp3) is 0.517. The largest absolute Gasteiger partial charge is 0.391 e. The van der Waals surface area contributed by atoms with Gasteiger partial charge in [0, 0.05) is 34.9 Å². The number of benzene rings is 1. The molecule has 2 amide bonds. The molecule has 1 saturated heterocycles. The van der Waals surface area contributed by atoms with Gasteiger partial charge in [0.25, 0.3) is 0 Å². The van der Waals surface area contributed by atoms with E-state index in [0.29, 0.717) is 12.8 Å². The first-order valence-electron chi connectivity index (χ1n) is 12.6. The van der Waals surface area contributed by atoms with Gasteiger partial charge in [-0.3, -0.25) is 9.59 Å². The average Bonchev–Trinajstić information content (AvgIpc) is 3.14. The molecule has 2 aromatic rings. The molecule has 1 fully saturated rings. The Morgan fingerprint density at radius 1 is 1.17 bits per heavy atom. The number of carbonyl (C=O) groups excluding carboxylic acids is 2. The van der Waals surface area contributed by atoms with E-state index in [1.165, 1.54) is 5.57 Å². The number of piperazine rings is 1. The minimum absolute atomic E-state index is 0.193. The fourth-order valence-electron chi connectivity index (χ4n) is 4.49. The van der Waals surface area contributed by atoms with Crippen LogP contribution in [0.3, 0.4) is 0 Å². The number of fused-ring (bicyclic) bond motifs is 1. The number of aromatic amines is 1. The normalized spacial score (nSPS) is 19.6. The fourth-order valence-corrected chi connectivity index (χ4v) is 4.57. The molecular formula is C29H40ClN3O3. The Kier molecular flexibility index (Phi) is 8.11. The Morgan fingerprint density at radius 3 is 2.42 bits per heavy atom. The molecule has 1 aromatic heterocycles. The first-order chi connectivity index (χ1) is 16.6. The molecule has 2 heterocycles. The molecule has 1 aliphatic rings. The zero-order chi connectivity index (χ0) is 27.0. The number of hydrogen-bond acceptors (Lipinski definition) is 3. The number of hydrogen-bond donors (Lipinski definition) is 4. The van der Waals surface area contributed by atoms with Crippen LogP contribution in [0.5, 0.6) is 0 Å². The van der Waals surface area contributed by atoms with Gasteiger partial charge in [-0.25, -0.2) is 0 Å². The van der Waals surface area contributed by atoms with Gasteiger partial charge in [-0.05, 0) is 63.8 Å². The standard InChI is InChI=1S/C29H40ClN3O3/c1-9-28(5,6)25-21(15-22-27(36)31-17(4)26(35)32-22)20-13-18(11-10-16(2)3)12-19(24(20)33-25)14-23(34)29(7,8)30/h9-10,12-13,17,22-23,33-34H,1,11,14-15H2,2-8H3,(H,31,36)(H,32,35). The van der Waals surface area contributed by atoms with E-state index >= 15 is 0 Å². The number of nitrogens with one attached hydrogen (secondary N) is 3. The first-order valence-corrected chi connectivity index (χ1v) is 12.9. The van der Waals surface area contributed by atoms with Gasteiger partial charge in [-0.15, -0.1) is 18.2 Å². The second kappa shape index (κ2) is 10.4. The van der Waals surface area contributed by atoms with E-state index < -0.39 is 28.5 Å². The van der Waals surface area contributed by atoms with Gasteiger partial charge in [0.05, 0.1) is 11.0 Å². The van der Waals surface area contributed by atoms with Crippen molar-refractivity contribution in [1.29, 1.82) is 0 Å². The van der Waals surface area contributed by atoms with Crippen LogP contribution in [0.25, 0.3) is 10.9 Å². The van der Waals surface area contributed by atoms with Crippen molar-refractivity contribution >= 4 is 34.3 Å². The van der Waals surface area contributed by atoms with E-state index in [1.54, 1.807) is 20.8 Å². The van der Waals surface area contributed by atoms with E-state index in [-0.39, 0.29) is 11.8 Å². The molecular weight excluding hydrogens is 474 g/mol. The summed E-state index contributed by atoms with van der Waals surface area (Å²) in [5.41, 5.74) is 5.68. The number of aliphatic hydroxyl groups is 1. The van der Waals surface area contributed by atoms with Crippen LogP contribution < -0.4 is 10.6 Å². The third kappa shape index (κ3) is 6.04. The highest BCUT2D eigenvalue weighted by atomic mass is 35.5. The Balaban J connectivity index is 2.23. The van der Waals surface area contributed by atoms with Crippen molar-refractivity contribution < 1.29 is 14.7 Å². The maximum atomic E-state index is 12.8. The molecule has 6 nitrogen and oxygen atoms in total. The van der Waals surface area contributed by atoms with Crippen LogP contribution in [0.4, 0.5) is 0 Å². The van der Waals surface area contributed by atoms with Crippen molar-refractivity contribution in [3.8, 4) is 0 Å². The molecule has 0 bridgehead atoms. The molecule has 3 rings (SSSR count). The van der Waals surface area contributed by atoms with Crippen LogP contribution in [0.2, 0.25) is 0 Å². The lowest BCUT2D eigenvalue weighted by Gasteiger charge is -2.29. The second-order valence-electron chi connectivity index (χ2n) is 11.3. The average molecular weight is 514 g/mol. The Bertz CT molecular complexity index is 1200. The third-order valence-corrected chi connectivity index (χ3v) is 7.31. The quantitative estimate of drug-likeness (QED) is 0.291. The van der Waals surface area contributed by atoms with Crippen molar-refractivity contribution in [2.24, 2.45) is 0 Å². The first kappa shape index (κ1) is 28.0. The predicted molar refractivity (Wildman–Crippen MR) is 148 cm³/mol. The number of aliphatic hydroxyl groups excluding tert-OH is 1. The van der Waals surface area contributed by atoms with Gasteiger partial charge in [-0.1, -0.05) is 37.6 Å². The highest BCUT2D eigenvalue weighted by Crippen LogP contribution is 2.37. The second-order valence-corrected chi connectivity index (χ2v) is 12.3. The third-order valence-electron chi connectivity index (χ3n) is 7.06. The molecule has 7 heteroatoms. The summed E-state index contributed by atoms with van der Waals surface area (Å²) in [4.78, 5) is 28.0. The van der Waals surface area contributed by atoms with E-state index in [9.17, 15) is 14.7 Å². The van der Waals surface area contributed by atoms with E-state index in [4.69, 9.17) is 11.6 Å². The number of aromatic nitrogens is 1. The van der Waals surface area contributed by atoms with Crippen molar-refractivity contribution in [3.05, 3.63) is 58.8 Å². The number of halogens is 1. The summed E-state index contributed by atoms with van der Waals surface area (Å²) in [6.07, 6.45) is 4.75. The van der Waals surface area contributed by atoms with Crippen molar-refractivity contribution in [2.75, 3.05) is 0 Å². The minimum Gasteiger partial charge on any atom is -0.391 e. The monoisotopic (exact) mass is 513 g/mol. The molecule has 3 unspecified atom stereocenters. The summed E-state index contributed by atoms with van der Waals surface area (Å²) < 4.78 is 0. The summed E-state index contributed by atoms with van der Waals surface area (Å²) in [5, 5.41) is 17.5. The summed E-state index contributed by atoms with van der Waals surface area (Å²) in [6, 6.07) is 3.04. The SMILES string of the molecule is C=CC(C)(C)c1[nH]c2c(CC(O)C(C)(C)Cl)cc(CC=C(C)C)cc2c1CC1NC(=O)C(C)NC1=O. The Morgan fingerprint density at radius 2 is 1.83 bits per heavy atom. The van der Waals surface area contributed by atoms with Crippen molar-refractivity contribution in [3.63, 3.8) is 0 Å². The zero-order valence-corrected chi connectivity index (χ0v) is 23.3. The zero-order valence-electron chi connectivity index (χ0n) is 22.5. The number of allylic oxidation sites excluding steroid dienone is 3. The summed E-state index contributed by atoms with van der Waals surface area (Å²) in [7, 11) is 0. The molecule has 0 saturated carbocycles. The highest BCUT2D eigenvalue weighted by Gasteiger charge is 2.34. The predicted octanol–water partition coefficient (Wildman–Crippen LogP) is 4.61. The maximum Gasteiger partial charge on any atom is 0.243 e. The molecule has 0 spiro atoms. The smallest absolute Gasteiger partial charge is 0.243 e. The van der Waals surface area contributed by atoms with Gasteiger partial charge in [0.1, 0.15) is 12.1 Å². The number of carbonyl (C=O) groups is 2. The summed E-state index contributed by atoms with van der Waals surface area (Å²) in [5.74, 6) is -0.389. The highest BCUT2D eigenvalue weighted by molar-refractivity contribution is 6.23. The number of rotatable bonds is 9. The van der Waals surface area contributed by atoms with Crippen LogP contribution in [-0.2, 0) is 34.3 Å². The molecule has 196 valence electrons. The van der Waals surface area contributed by atoms with E-state index in [0.717, 1.165) is 39.7 Å². The Hall–Kier alpha value is -2.57. The van der Waals surface area contributed by atoms with Gasteiger partial charge in [-0.2, -0.15) is 0 Å². The number of H-pyrrole nitrogens is 1. The lowest BCUT2D eigenvalue weighted by atomic mass is 9.84. The summed E-state index contributed by atoms with van der Waals surface area (Å²) >= 11 is 6.46. The van der Waals surface area contributed by atoms with Crippen LogP contribution in [0.15, 0.2) is 36.4 Å². The number of alkyl halides is 1. The van der Waals surface area contributed by atoms with Gasteiger partial charge in [0.15, 0.2) is 0 Å². The summed E-state index contributed by atoms with van der Waals surface area (Å²) in [6.45, 7) is 17.6. The molecule has 0 radical (unpaired) electrons. The van der Waals surface area contributed by atoms with Crippen molar-refractivity contribution in [1.82, 2.24) is 15.6 Å². The van der Waals surface area contributed by atoms with Gasteiger partial charge in [0.2, 0.25) is 11.8 Å². The van der Waals surface area contributed by atoms with E-state index in [2.05, 4.69) is 68.1 Å². The van der Waals surface area contributed by atoms with Gasteiger partial charge >= 0.3 is 0 Å². The Labute approximate surface area is 219 Å².